The first-order chi connectivity index (χ1) is 16.1. The number of rotatable bonds is 7. The highest BCUT2D eigenvalue weighted by Crippen LogP contribution is 2.30. The van der Waals surface area contributed by atoms with Crippen LogP contribution in [0, 0.1) is 0 Å². The van der Waals surface area contributed by atoms with Crippen LogP contribution in [0.2, 0.25) is 0 Å². The number of aromatic nitrogens is 2. The summed E-state index contributed by atoms with van der Waals surface area (Å²) in [7, 11) is 2.81. The van der Waals surface area contributed by atoms with Gasteiger partial charge in [-0.25, -0.2) is 14.8 Å². The van der Waals surface area contributed by atoms with Crippen molar-refractivity contribution < 1.29 is 23.7 Å². The standard InChI is InChI=1S/C24H26N4O5/c1-30-22-14-16(4-5-18(22)23(29)31-2)27-24-26-10-7-20(28-24)15-3-6-21(19(25)13-15)33-17-8-11-32-12-9-17/h3-7,10,13-14,17H,8-9,11-12,25H2,1-2H3,(H,26,27,28). The number of hydrogen-bond donors (Lipinski definition) is 2. The molecule has 0 atom stereocenters. The second kappa shape index (κ2) is 10.2. The lowest BCUT2D eigenvalue weighted by Crippen LogP contribution is -2.26. The van der Waals surface area contributed by atoms with E-state index in [0.29, 0.717) is 53.3 Å². The van der Waals surface area contributed by atoms with Crippen LogP contribution in [0.15, 0.2) is 48.7 Å². The molecule has 2 heterocycles. The summed E-state index contributed by atoms with van der Waals surface area (Å²) < 4.78 is 21.5. The van der Waals surface area contributed by atoms with Crippen molar-refractivity contribution in [2.75, 3.05) is 38.5 Å². The predicted octanol–water partition coefficient (Wildman–Crippen LogP) is 3.82. The number of nitrogens with zero attached hydrogens (tertiary/aromatic N) is 2. The maximum Gasteiger partial charge on any atom is 0.341 e. The average Bonchev–Trinajstić information content (AvgIpc) is 2.85. The maximum absolute atomic E-state index is 11.9. The highest BCUT2D eigenvalue weighted by Gasteiger charge is 2.17. The Morgan fingerprint density at radius 2 is 1.91 bits per heavy atom. The van der Waals surface area contributed by atoms with Crippen molar-refractivity contribution in [1.29, 1.82) is 0 Å². The van der Waals surface area contributed by atoms with Crippen molar-refractivity contribution in [2.45, 2.75) is 18.9 Å². The summed E-state index contributed by atoms with van der Waals surface area (Å²) in [4.78, 5) is 20.7. The predicted molar refractivity (Wildman–Crippen MR) is 124 cm³/mol. The first-order valence-corrected chi connectivity index (χ1v) is 10.6. The van der Waals surface area contributed by atoms with Gasteiger partial charge in [0.15, 0.2) is 0 Å². The van der Waals surface area contributed by atoms with Crippen molar-refractivity contribution in [3.05, 3.63) is 54.2 Å². The molecule has 1 aromatic heterocycles. The number of anilines is 3. The zero-order valence-electron chi connectivity index (χ0n) is 18.5. The van der Waals surface area contributed by atoms with Gasteiger partial charge < -0.3 is 30.0 Å². The Hall–Kier alpha value is -3.85. The Kier molecular flexibility index (Phi) is 6.89. The number of nitrogen functional groups attached to an aromatic ring is 1. The molecule has 0 spiro atoms. The molecular formula is C24H26N4O5. The molecule has 33 heavy (non-hydrogen) atoms. The molecule has 4 rings (SSSR count). The second-order valence-electron chi connectivity index (χ2n) is 7.48. The highest BCUT2D eigenvalue weighted by atomic mass is 16.5. The van der Waals surface area contributed by atoms with Crippen LogP contribution in [0.25, 0.3) is 11.3 Å². The van der Waals surface area contributed by atoms with Crippen molar-refractivity contribution in [3.63, 3.8) is 0 Å². The van der Waals surface area contributed by atoms with Crippen LogP contribution in [0.3, 0.4) is 0 Å². The van der Waals surface area contributed by atoms with E-state index in [1.54, 1.807) is 30.5 Å². The number of esters is 1. The molecule has 172 valence electrons. The number of benzene rings is 2. The van der Waals surface area contributed by atoms with Crippen LogP contribution < -0.4 is 20.5 Å². The number of hydrogen-bond acceptors (Lipinski definition) is 9. The van der Waals surface area contributed by atoms with Gasteiger partial charge in [0, 0.05) is 36.4 Å². The van der Waals surface area contributed by atoms with E-state index in [4.69, 9.17) is 24.7 Å². The Labute approximate surface area is 191 Å². The molecule has 1 aliphatic heterocycles. The summed E-state index contributed by atoms with van der Waals surface area (Å²) in [5, 5.41) is 3.13. The number of carbonyl (C=O) groups is 1. The van der Waals surface area contributed by atoms with Crippen LogP contribution in [-0.4, -0.2) is 49.5 Å². The van der Waals surface area contributed by atoms with Gasteiger partial charge in [-0.15, -0.1) is 0 Å². The van der Waals surface area contributed by atoms with E-state index in [9.17, 15) is 4.79 Å². The van der Waals surface area contributed by atoms with Crippen LogP contribution in [0.5, 0.6) is 11.5 Å². The third kappa shape index (κ3) is 5.32. The SMILES string of the molecule is COC(=O)c1ccc(Nc2nccc(-c3ccc(OC4CCOCC4)c(N)c3)n2)cc1OC. The molecule has 0 unspecified atom stereocenters. The zero-order chi connectivity index (χ0) is 23.2. The summed E-state index contributed by atoms with van der Waals surface area (Å²) in [5.41, 5.74) is 9.35. The summed E-state index contributed by atoms with van der Waals surface area (Å²) in [6.07, 6.45) is 3.48. The Morgan fingerprint density at radius 3 is 2.64 bits per heavy atom. The first kappa shape index (κ1) is 22.3. The van der Waals surface area contributed by atoms with Crippen LogP contribution in [0.1, 0.15) is 23.2 Å². The summed E-state index contributed by atoms with van der Waals surface area (Å²) in [6.45, 7) is 1.41. The van der Waals surface area contributed by atoms with Gasteiger partial charge in [-0.2, -0.15) is 0 Å². The van der Waals surface area contributed by atoms with Gasteiger partial charge in [0.05, 0.1) is 38.8 Å². The molecule has 3 N–H and O–H groups in total. The molecule has 3 aromatic rings. The minimum absolute atomic E-state index is 0.115. The van der Waals surface area contributed by atoms with Gasteiger partial charge >= 0.3 is 5.97 Å². The van der Waals surface area contributed by atoms with Gasteiger partial charge in [-0.1, -0.05) is 0 Å². The van der Waals surface area contributed by atoms with Crippen LogP contribution >= 0.6 is 0 Å². The maximum atomic E-state index is 11.9. The van der Waals surface area contributed by atoms with Gasteiger partial charge in [0.25, 0.3) is 0 Å². The lowest BCUT2D eigenvalue weighted by molar-refractivity contribution is 0.0258. The molecular weight excluding hydrogens is 424 g/mol. The third-order valence-corrected chi connectivity index (χ3v) is 5.29. The molecule has 1 aliphatic rings. The third-order valence-electron chi connectivity index (χ3n) is 5.29. The number of methoxy groups -OCH3 is 2. The van der Waals surface area contributed by atoms with E-state index < -0.39 is 5.97 Å². The van der Waals surface area contributed by atoms with E-state index >= 15 is 0 Å². The lowest BCUT2D eigenvalue weighted by Gasteiger charge is -2.24. The molecule has 0 radical (unpaired) electrons. The molecule has 0 bridgehead atoms. The van der Waals surface area contributed by atoms with Crippen molar-refractivity contribution in [3.8, 4) is 22.8 Å². The normalized spacial score (nSPS) is 13.9. The molecule has 9 heteroatoms. The van der Waals surface area contributed by atoms with E-state index in [1.807, 2.05) is 18.2 Å². The first-order valence-electron chi connectivity index (χ1n) is 10.6. The summed E-state index contributed by atoms with van der Waals surface area (Å²) in [5.74, 6) is 0.965. The average molecular weight is 450 g/mol. The fraction of sp³-hybridized carbons (Fsp3) is 0.292. The lowest BCUT2D eigenvalue weighted by atomic mass is 10.1. The number of ether oxygens (including phenoxy) is 4. The molecule has 2 aromatic carbocycles. The minimum Gasteiger partial charge on any atom is -0.496 e. The second-order valence-corrected chi connectivity index (χ2v) is 7.48. The molecule has 0 amide bonds. The minimum atomic E-state index is -0.474. The van der Waals surface area contributed by atoms with Gasteiger partial charge in [0.2, 0.25) is 5.95 Å². The molecule has 9 nitrogen and oxygen atoms in total. The topological polar surface area (TPSA) is 118 Å². The summed E-state index contributed by atoms with van der Waals surface area (Å²) in [6, 6.07) is 12.5. The zero-order valence-corrected chi connectivity index (χ0v) is 18.5. The largest absolute Gasteiger partial charge is 0.496 e. The molecule has 0 aliphatic carbocycles. The van der Waals surface area contributed by atoms with Crippen molar-refractivity contribution in [1.82, 2.24) is 9.97 Å². The fourth-order valence-corrected chi connectivity index (χ4v) is 3.54. The monoisotopic (exact) mass is 450 g/mol. The number of carbonyl (C=O) groups excluding carboxylic acids is 1. The molecule has 0 saturated carbocycles. The van der Waals surface area contributed by atoms with Crippen molar-refractivity contribution in [2.24, 2.45) is 0 Å². The number of nitrogens with two attached hydrogens (primary N) is 1. The van der Waals surface area contributed by atoms with Gasteiger partial charge in [-0.3, -0.25) is 0 Å². The van der Waals surface area contributed by atoms with Gasteiger partial charge in [-0.05, 0) is 36.4 Å². The quantitative estimate of drug-likeness (QED) is 0.409. The Balaban J connectivity index is 1.51. The molecule has 1 saturated heterocycles. The Bertz CT molecular complexity index is 1130. The van der Waals surface area contributed by atoms with E-state index in [1.165, 1.54) is 14.2 Å². The van der Waals surface area contributed by atoms with E-state index in [2.05, 4.69) is 15.3 Å². The number of nitrogens with one attached hydrogen (secondary N) is 1. The highest BCUT2D eigenvalue weighted by molar-refractivity contribution is 5.93. The van der Waals surface area contributed by atoms with Gasteiger partial charge in [0.1, 0.15) is 23.2 Å². The van der Waals surface area contributed by atoms with E-state index in [0.717, 1.165) is 18.4 Å². The Morgan fingerprint density at radius 1 is 1.09 bits per heavy atom. The fourth-order valence-electron chi connectivity index (χ4n) is 3.54. The smallest absolute Gasteiger partial charge is 0.341 e. The van der Waals surface area contributed by atoms with Crippen LogP contribution in [-0.2, 0) is 9.47 Å². The summed E-state index contributed by atoms with van der Waals surface area (Å²) >= 11 is 0. The van der Waals surface area contributed by atoms with Crippen LogP contribution in [0.4, 0.5) is 17.3 Å². The van der Waals surface area contributed by atoms with Crippen molar-refractivity contribution >= 4 is 23.3 Å². The molecule has 1 fully saturated rings. The van der Waals surface area contributed by atoms with E-state index in [-0.39, 0.29) is 6.10 Å².